The van der Waals surface area contributed by atoms with Gasteiger partial charge >= 0.3 is 0 Å². The Hall–Kier alpha value is -1.55. The standard InChI is InChI=1S/C13H18N6O2S.ClH/c1-14-11-5-7-18(8-6-11)22(20,21)13-4-2-3-12(9-13)19-10-15-16-17-19;/h2-4,9-11,14H,5-8H2,1H3;1H. The van der Waals surface area contributed by atoms with E-state index < -0.39 is 10.0 Å². The Morgan fingerprint density at radius 2 is 2.00 bits per heavy atom. The van der Waals surface area contributed by atoms with Crippen molar-refractivity contribution >= 4 is 22.4 Å². The van der Waals surface area contributed by atoms with Crippen molar-refractivity contribution in [3.05, 3.63) is 30.6 Å². The Morgan fingerprint density at radius 3 is 2.61 bits per heavy atom. The maximum absolute atomic E-state index is 12.7. The molecule has 0 radical (unpaired) electrons. The second-order valence-electron chi connectivity index (χ2n) is 5.22. The van der Waals surface area contributed by atoms with Crippen LogP contribution in [0, 0.1) is 0 Å². The van der Waals surface area contributed by atoms with Gasteiger partial charge in [0.05, 0.1) is 10.6 Å². The molecule has 1 aliphatic heterocycles. The van der Waals surface area contributed by atoms with Crippen LogP contribution in [0.15, 0.2) is 35.5 Å². The molecular formula is C13H19ClN6O2S. The molecule has 1 saturated heterocycles. The van der Waals surface area contributed by atoms with E-state index in [9.17, 15) is 8.42 Å². The van der Waals surface area contributed by atoms with Gasteiger partial charge in [0.1, 0.15) is 6.33 Å². The fraction of sp³-hybridized carbons (Fsp3) is 0.462. The predicted molar refractivity (Wildman–Crippen MR) is 87.2 cm³/mol. The molecule has 0 bridgehead atoms. The Morgan fingerprint density at radius 1 is 1.26 bits per heavy atom. The molecule has 1 aromatic heterocycles. The predicted octanol–water partition coefficient (Wildman–Crippen LogP) is 0.457. The van der Waals surface area contributed by atoms with Crippen molar-refractivity contribution < 1.29 is 8.42 Å². The van der Waals surface area contributed by atoms with Gasteiger partial charge in [-0.3, -0.25) is 0 Å². The fourth-order valence-electron chi connectivity index (χ4n) is 2.60. The molecule has 10 heteroatoms. The summed E-state index contributed by atoms with van der Waals surface area (Å²) in [6.45, 7) is 1.06. The number of tetrazole rings is 1. The monoisotopic (exact) mass is 358 g/mol. The highest BCUT2D eigenvalue weighted by atomic mass is 35.5. The molecule has 1 fully saturated rings. The molecule has 0 unspecified atom stereocenters. The molecule has 3 rings (SSSR count). The average molecular weight is 359 g/mol. The van der Waals surface area contributed by atoms with Crippen molar-refractivity contribution in [1.82, 2.24) is 29.8 Å². The smallest absolute Gasteiger partial charge is 0.243 e. The molecule has 1 aliphatic rings. The minimum Gasteiger partial charge on any atom is -0.317 e. The van der Waals surface area contributed by atoms with E-state index in [1.165, 1.54) is 11.0 Å². The Kier molecular flexibility index (Phi) is 5.69. The van der Waals surface area contributed by atoms with Gasteiger partial charge in [-0.2, -0.15) is 4.31 Å². The second-order valence-corrected chi connectivity index (χ2v) is 7.16. The van der Waals surface area contributed by atoms with Gasteiger partial charge < -0.3 is 5.32 Å². The van der Waals surface area contributed by atoms with Gasteiger partial charge in [0.15, 0.2) is 0 Å². The third kappa shape index (κ3) is 3.69. The van der Waals surface area contributed by atoms with Crippen molar-refractivity contribution in [3.63, 3.8) is 0 Å². The minimum absolute atomic E-state index is 0. The highest BCUT2D eigenvalue weighted by molar-refractivity contribution is 7.89. The first kappa shape index (κ1) is 17.8. The Balaban J connectivity index is 0.00000192. The van der Waals surface area contributed by atoms with Gasteiger partial charge in [-0.15, -0.1) is 17.5 Å². The summed E-state index contributed by atoms with van der Waals surface area (Å²) in [7, 11) is -1.58. The number of nitrogens with zero attached hydrogens (tertiary/aromatic N) is 5. The molecule has 0 saturated carbocycles. The molecule has 0 spiro atoms. The normalized spacial score (nSPS) is 16.9. The lowest BCUT2D eigenvalue weighted by molar-refractivity contribution is 0.298. The molecule has 1 N–H and O–H groups in total. The van der Waals surface area contributed by atoms with E-state index in [4.69, 9.17) is 0 Å². The Labute approximate surface area is 141 Å². The number of rotatable bonds is 4. The molecule has 23 heavy (non-hydrogen) atoms. The van der Waals surface area contributed by atoms with E-state index >= 15 is 0 Å². The third-order valence-electron chi connectivity index (χ3n) is 3.93. The number of halogens is 1. The van der Waals surface area contributed by atoms with Crippen molar-refractivity contribution in [2.24, 2.45) is 0 Å². The summed E-state index contributed by atoms with van der Waals surface area (Å²) >= 11 is 0. The molecule has 0 atom stereocenters. The Bertz CT molecular complexity index is 729. The first-order valence-corrected chi connectivity index (χ1v) is 8.56. The SMILES string of the molecule is CNC1CCN(S(=O)(=O)c2cccc(-n3cnnn3)c2)CC1.Cl. The average Bonchev–Trinajstić information content (AvgIpc) is 3.09. The zero-order valence-corrected chi connectivity index (χ0v) is 14.3. The molecule has 2 aromatic rings. The highest BCUT2D eigenvalue weighted by Gasteiger charge is 2.29. The molecule has 2 heterocycles. The number of benzene rings is 1. The maximum Gasteiger partial charge on any atom is 0.243 e. The zero-order valence-electron chi connectivity index (χ0n) is 12.7. The van der Waals surface area contributed by atoms with Crippen molar-refractivity contribution in [3.8, 4) is 5.69 Å². The summed E-state index contributed by atoms with van der Waals surface area (Å²) in [4.78, 5) is 0.267. The zero-order chi connectivity index (χ0) is 15.6. The van der Waals surface area contributed by atoms with E-state index in [1.807, 2.05) is 7.05 Å². The largest absolute Gasteiger partial charge is 0.317 e. The summed E-state index contributed by atoms with van der Waals surface area (Å²) in [6, 6.07) is 7.05. The van der Waals surface area contributed by atoms with Crippen molar-refractivity contribution in [2.75, 3.05) is 20.1 Å². The van der Waals surface area contributed by atoms with Crippen molar-refractivity contribution in [2.45, 2.75) is 23.8 Å². The van der Waals surface area contributed by atoms with Gasteiger partial charge in [-0.05, 0) is 48.5 Å². The number of hydrogen-bond donors (Lipinski definition) is 1. The number of hydrogen-bond acceptors (Lipinski definition) is 6. The van der Waals surface area contributed by atoms with Gasteiger partial charge in [-0.1, -0.05) is 6.07 Å². The van der Waals surface area contributed by atoms with Crippen LogP contribution >= 0.6 is 12.4 Å². The van der Waals surface area contributed by atoms with Gasteiger partial charge in [-0.25, -0.2) is 13.1 Å². The highest BCUT2D eigenvalue weighted by Crippen LogP contribution is 2.22. The van der Waals surface area contributed by atoms with Crippen LogP contribution in [-0.4, -0.2) is 59.1 Å². The van der Waals surface area contributed by atoms with Gasteiger partial charge in [0.25, 0.3) is 0 Å². The lowest BCUT2D eigenvalue weighted by Crippen LogP contribution is -2.43. The number of aromatic nitrogens is 4. The number of sulfonamides is 1. The topological polar surface area (TPSA) is 93.0 Å². The molecule has 8 nitrogen and oxygen atoms in total. The quantitative estimate of drug-likeness (QED) is 0.853. The molecule has 126 valence electrons. The molecular weight excluding hydrogens is 340 g/mol. The van der Waals surface area contributed by atoms with E-state index in [0.29, 0.717) is 24.8 Å². The van der Waals surface area contributed by atoms with E-state index in [0.717, 1.165) is 12.8 Å². The summed E-state index contributed by atoms with van der Waals surface area (Å²) in [5, 5.41) is 14.1. The van der Waals surface area contributed by atoms with Crippen LogP contribution in [0.4, 0.5) is 0 Å². The number of nitrogens with one attached hydrogen (secondary N) is 1. The van der Waals surface area contributed by atoms with Crippen LogP contribution < -0.4 is 5.32 Å². The van der Waals surface area contributed by atoms with E-state index in [1.54, 1.807) is 28.6 Å². The van der Waals surface area contributed by atoms with Crippen LogP contribution in [0.2, 0.25) is 0 Å². The lowest BCUT2D eigenvalue weighted by atomic mass is 10.1. The first-order chi connectivity index (χ1) is 10.6. The summed E-state index contributed by atoms with van der Waals surface area (Å²) in [6.07, 6.45) is 3.08. The molecule has 0 aliphatic carbocycles. The minimum atomic E-state index is -3.48. The maximum atomic E-state index is 12.7. The molecule has 0 amide bonds. The summed E-state index contributed by atoms with van der Waals surface area (Å²) in [5.74, 6) is 0. The number of piperidine rings is 1. The van der Waals surface area contributed by atoms with Crippen molar-refractivity contribution in [1.29, 1.82) is 0 Å². The van der Waals surface area contributed by atoms with Crippen LogP contribution in [0.3, 0.4) is 0 Å². The van der Waals surface area contributed by atoms with E-state index in [2.05, 4.69) is 20.8 Å². The van der Waals surface area contributed by atoms with Gasteiger partial charge in [0, 0.05) is 19.1 Å². The van der Waals surface area contributed by atoms with Crippen LogP contribution in [0.5, 0.6) is 0 Å². The third-order valence-corrected chi connectivity index (χ3v) is 5.83. The van der Waals surface area contributed by atoms with Crippen LogP contribution in [0.1, 0.15) is 12.8 Å². The van der Waals surface area contributed by atoms with E-state index in [-0.39, 0.29) is 17.3 Å². The van der Waals surface area contributed by atoms with Gasteiger partial charge in [0.2, 0.25) is 10.0 Å². The first-order valence-electron chi connectivity index (χ1n) is 7.12. The second kappa shape index (κ2) is 7.35. The summed E-state index contributed by atoms with van der Waals surface area (Å²) in [5.41, 5.74) is 0.621. The summed E-state index contributed by atoms with van der Waals surface area (Å²) < 4.78 is 28.5. The molecule has 1 aromatic carbocycles. The van der Waals surface area contributed by atoms with Crippen LogP contribution in [0.25, 0.3) is 5.69 Å². The lowest BCUT2D eigenvalue weighted by Gasteiger charge is -2.31. The van der Waals surface area contributed by atoms with Crippen LogP contribution in [-0.2, 0) is 10.0 Å². The fourth-order valence-corrected chi connectivity index (χ4v) is 4.11.